The Bertz CT molecular complexity index is 715. The van der Waals surface area contributed by atoms with Crippen molar-refractivity contribution in [1.29, 1.82) is 0 Å². The number of carbonyl (C=O) groups is 1. The number of hydrogen-bond acceptors (Lipinski definition) is 4. The molecule has 21 heavy (non-hydrogen) atoms. The van der Waals surface area contributed by atoms with Crippen molar-refractivity contribution in [3.63, 3.8) is 0 Å². The van der Waals surface area contributed by atoms with E-state index < -0.39 is 16.2 Å². The first-order chi connectivity index (χ1) is 10.0. The maximum Gasteiger partial charge on any atom is 0.269 e. The summed E-state index contributed by atoms with van der Waals surface area (Å²) >= 11 is -2.34. The Labute approximate surface area is 122 Å². The van der Waals surface area contributed by atoms with Gasteiger partial charge in [-0.05, 0) is 23.8 Å². The standard InChI is InChI=1S/C13H10N2O5S/c16-8-10-2-1-3-12(13(10)14-21(19)20)9-4-6-11(7-5-9)15(17)18/h1-8,14H,(H,19,20). The van der Waals surface area contributed by atoms with Gasteiger partial charge in [0.25, 0.3) is 17.0 Å². The monoisotopic (exact) mass is 306 g/mol. The maximum absolute atomic E-state index is 11.0. The van der Waals surface area contributed by atoms with E-state index in [-0.39, 0.29) is 16.9 Å². The topological polar surface area (TPSA) is 110 Å². The van der Waals surface area contributed by atoms with E-state index in [2.05, 4.69) is 4.72 Å². The molecule has 2 aromatic carbocycles. The summed E-state index contributed by atoms with van der Waals surface area (Å²) < 4.78 is 22.2. The summed E-state index contributed by atoms with van der Waals surface area (Å²) in [5.74, 6) is 0. The molecule has 108 valence electrons. The summed E-state index contributed by atoms with van der Waals surface area (Å²) in [4.78, 5) is 21.1. The van der Waals surface area contributed by atoms with Gasteiger partial charge in [-0.3, -0.25) is 24.2 Å². The quantitative estimate of drug-likeness (QED) is 0.382. The van der Waals surface area contributed by atoms with Crippen LogP contribution in [-0.2, 0) is 11.3 Å². The van der Waals surface area contributed by atoms with E-state index in [9.17, 15) is 19.1 Å². The van der Waals surface area contributed by atoms with Gasteiger partial charge in [0.05, 0.1) is 10.6 Å². The average molecular weight is 306 g/mol. The molecule has 0 aromatic heterocycles. The molecular formula is C13H10N2O5S. The molecule has 8 heteroatoms. The van der Waals surface area contributed by atoms with Gasteiger partial charge in [0.1, 0.15) is 0 Å². The number of rotatable bonds is 5. The number of hydrogen-bond donors (Lipinski definition) is 2. The number of nitro groups is 1. The molecule has 1 atom stereocenters. The van der Waals surface area contributed by atoms with Crippen LogP contribution in [-0.4, -0.2) is 20.0 Å². The molecule has 2 aromatic rings. The predicted octanol–water partition coefficient (Wildman–Crippen LogP) is 2.62. The minimum absolute atomic E-state index is 0.0643. The van der Waals surface area contributed by atoms with Gasteiger partial charge >= 0.3 is 0 Å². The van der Waals surface area contributed by atoms with Crippen LogP contribution in [0.15, 0.2) is 42.5 Å². The zero-order valence-corrected chi connectivity index (χ0v) is 11.4. The molecule has 0 amide bonds. The van der Waals surface area contributed by atoms with Crippen LogP contribution >= 0.6 is 0 Å². The van der Waals surface area contributed by atoms with Crippen molar-refractivity contribution >= 4 is 28.9 Å². The molecule has 0 bridgehead atoms. The third-order valence-corrected chi connectivity index (χ3v) is 3.18. The number of anilines is 1. The van der Waals surface area contributed by atoms with E-state index in [0.29, 0.717) is 17.4 Å². The fourth-order valence-corrected chi connectivity index (χ4v) is 2.28. The van der Waals surface area contributed by atoms with Crippen LogP contribution in [0.25, 0.3) is 11.1 Å². The van der Waals surface area contributed by atoms with Crippen molar-refractivity contribution in [3.8, 4) is 11.1 Å². The first kappa shape index (κ1) is 14.8. The molecule has 0 aliphatic rings. The van der Waals surface area contributed by atoms with E-state index in [4.69, 9.17) is 4.55 Å². The molecule has 0 saturated carbocycles. The molecule has 0 radical (unpaired) electrons. The number of nitro benzene ring substituents is 1. The normalized spacial score (nSPS) is 11.7. The summed E-state index contributed by atoms with van der Waals surface area (Å²) in [5.41, 5.74) is 1.43. The lowest BCUT2D eigenvalue weighted by Gasteiger charge is -2.11. The van der Waals surface area contributed by atoms with E-state index in [0.717, 1.165) is 0 Å². The Balaban J connectivity index is 2.54. The first-order valence-electron chi connectivity index (χ1n) is 5.73. The smallest absolute Gasteiger partial charge is 0.269 e. The van der Waals surface area contributed by atoms with Crippen LogP contribution in [0.3, 0.4) is 0 Å². The lowest BCUT2D eigenvalue weighted by molar-refractivity contribution is -0.384. The van der Waals surface area contributed by atoms with E-state index >= 15 is 0 Å². The van der Waals surface area contributed by atoms with Crippen molar-refractivity contribution in [2.75, 3.05) is 4.72 Å². The molecule has 2 rings (SSSR count). The lowest BCUT2D eigenvalue weighted by Crippen LogP contribution is -2.06. The highest BCUT2D eigenvalue weighted by molar-refractivity contribution is 7.80. The summed E-state index contributed by atoms with van der Waals surface area (Å²) in [5, 5.41) is 10.6. The second-order valence-electron chi connectivity index (χ2n) is 4.04. The van der Waals surface area contributed by atoms with Crippen molar-refractivity contribution in [3.05, 3.63) is 58.1 Å². The highest BCUT2D eigenvalue weighted by Gasteiger charge is 2.13. The molecule has 1 unspecified atom stereocenters. The Morgan fingerprint density at radius 1 is 1.19 bits per heavy atom. The van der Waals surface area contributed by atoms with Crippen LogP contribution in [0.4, 0.5) is 11.4 Å². The zero-order valence-electron chi connectivity index (χ0n) is 10.6. The predicted molar refractivity (Wildman–Crippen MR) is 78.3 cm³/mol. The van der Waals surface area contributed by atoms with Gasteiger partial charge in [0, 0.05) is 23.3 Å². The van der Waals surface area contributed by atoms with Crippen LogP contribution in [0.5, 0.6) is 0 Å². The van der Waals surface area contributed by atoms with E-state index in [1.54, 1.807) is 12.1 Å². The van der Waals surface area contributed by atoms with Crippen molar-refractivity contribution < 1.29 is 18.5 Å². The van der Waals surface area contributed by atoms with Crippen molar-refractivity contribution in [2.24, 2.45) is 0 Å². The molecule has 2 N–H and O–H groups in total. The molecule has 7 nitrogen and oxygen atoms in total. The van der Waals surface area contributed by atoms with Crippen molar-refractivity contribution in [1.82, 2.24) is 0 Å². The molecule has 0 aliphatic carbocycles. The fourth-order valence-electron chi connectivity index (χ4n) is 1.87. The van der Waals surface area contributed by atoms with Gasteiger partial charge < -0.3 is 0 Å². The van der Waals surface area contributed by atoms with Gasteiger partial charge in [-0.15, -0.1) is 0 Å². The van der Waals surface area contributed by atoms with Gasteiger partial charge in [0.2, 0.25) is 0 Å². The van der Waals surface area contributed by atoms with Crippen LogP contribution < -0.4 is 4.72 Å². The Morgan fingerprint density at radius 2 is 1.86 bits per heavy atom. The Hall–Kier alpha value is -2.58. The first-order valence-corrected chi connectivity index (χ1v) is 6.84. The van der Waals surface area contributed by atoms with Gasteiger partial charge in [-0.1, -0.05) is 12.1 Å². The number of benzene rings is 2. The Morgan fingerprint density at radius 3 is 2.38 bits per heavy atom. The summed E-state index contributed by atoms with van der Waals surface area (Å²) in [6.07, 6.45) is 0.560. The van der Waals surface area contributed by atoms with Gasteiger partial charge in [0.15, 0.2) is 6.29 Å². The number of nitrogens with zero attached hydrogens (tertiary/aromatic N) is 1. The molecular weight excluding hydrogens is 296 g/mol. The maximum atomic E-state index is 11.0. The largest absolute Gasteiger partial charge is 0.298 e. The highest BCUT2D eigenvalue weighted by atomic mass is 32.2. The minimum Gasteiger partial charge on any atom is -0.298 e. The number of nitrogens with one attached hydrogen (secondary N) is 1. The Kier molecular flexibility index (Phi) is 4.41. The second-order valence-corrected chi connectivity index (χ2v) is 4.75. The second kappa shape index (κ2) is 6.25. The SMILES string of the molecule is O=Cc1cccc(-c2ccc([N+](=O)[O-])cc2)c1NS(=O)O. The number of aldehydes is 1. The van der Waals surface area contributed by atoms with Crippen LogP contribution in [0, 0.1) is 10.1 Å². The highest BCUT2D eigenvalue weighted by Crippen LogP contribution is 2.31. The van der Waals surface area contributed by atoms with Crippen LogP contribution in [0.1, 0.15) is 10.4 Å². The van der Waals surface area contributed by atoms with E-state index in [1.165, 1.54) is 30.3 Å². The molecule has 0 aliphatic heterocycles. The number of carbonyl (C=O) groups excluding carboxylic acids is 1. The van der Waals surface area contributed by atoms with Crippen molar-refractivity contribution in [2.45, 2.75) is 0 Å². The summed E-state index contributed by atoms with van der Waals surface area (Å²) in [6.45, 7) is 0. The zero-order chi connectivity index (χ0) is 15.4. The average Bonchev–Trinajstić information content (AvgIpc) is 2.47. The van der Waals surface area contributed by atoms with E-state index in [1.807, 2.05) is 0 Å². The molecule has 0 heterocycles. The fraction of sp³-hybridized carbons (Fsp3) is 0. The third kappa shape index (κ3) is 3.30. The number of para-hydroxylation sites is 1. The summed E-state index contributed by atoms with van der Waals surface area (Å²) in [7, 11) is 0. The molecule has 0 saturated heterocycles. The van der Waals surface area contributed by atoms with Gasteiger partial charge in [-0.25, -0.2) is 4.21 Å². The molecule has 0 fully saturated rings. The minimum atomic E-state index is -2.34. The molecule has 0 spiro atoms. The number of non-ortho nitro benzene ring substituents is 1. The van der Waals surface area contributed by atoms with Crippen LogP contribution in [0.2, 0.25) is 0 Å². The summed E-state index contributed by atoms with van der Waals surface area (Å²) in [6, 6.07) is 10.4. The third-order valence-electron chi connectivity index (χ3n) is 2.80. The lowest BCUT2D eigenvalue weighted by atomic mass is 10.0. The van der Waals surface area contributed by atoms with Gasteiger partial charge in [-0.2, -0.15) is 0 Å².